The highest BCUT2D eigenvalue weighted by molar-refractivity contribution is 6.01. The van der Waals surface area contributed by atoms with Gasteiger partial charge in [0, 0.05) is 18.1 Å². The van der Waals surface area contributed by atoms with E-state index < -0.39 is 18.3 Å². The van der Waals surface area contributed by atoms with Crippen LogP contribution in [0.1, 0.15) is 6.42 Å². The molecular weight excluding hydrogens is 234 g/mol. The molecule has 0 unspecified atom stereocenters. The van der Waals surface area contributed by atoms with E-state index in [0.29, 0.717) is 5.69 Å². The third-order valence-electron chi connectivity index (χ3n) is 2.23. The maximum atomic E-state index is 11.2. The molecule has 18 heavy (non-hydrogen) atoms. The van der Waals surface area contributed by atoms with Gasteiger partial charge in [0.1, 0.15) is 6.42 Å². The highest BCUT2D eigenvalue weighted by Gasteiger charge is 2.07. The molecule has 0 spiro atoms. The minimum atomic E-state index is -1.15. The largest absolute Gasteiger partial charge is 0.481 e. The fraction of sp³-hybridized carbons (Fsp3) is 0.0833. The summed E-state index contributed by atoms with van der Waals surface area (Å²) in [6, 6.07) is 8.75. The number of nitrogens with zero attached hydrogens (tertiary/aromatic N) is 2. The Labute approximate surface area is 103 Å². The van der Waals surface area contributed by atoms with Crippen LogP contribution in [0.3, 0.4) is 0 Å². The number of carboxylic acid groups (broad SMARTS) is 1. The molecule has 6 heteroatoms. The first-order chi connectivity index (χ1) is 8.65. The standard InChI is InChI=1S/C12H11N3O3/c16-11(8-12(17)18)14-9-2-4-10(5-3-9)15-7-1-6-13-15/h1-7H,8H2,(H,14,16)(H,17,18). The first kappa shape index (κ1) is 11.8. The summed E-state index contributed by atoms with van der Waals surface area (Å²) in [7, 11) is 0. The molecule has 0 bridgehead atoms. The number of aromatic nitrogens is 2. The van der Waals surface area contributed by atoms with E-state index in [9.17, 15) is 9.59 Å². The second-order valence-electron chi connectivity index (χ2n) is 3.62. The Balaban J connectivity index is 2.04. The molecule has 0 atom stereocenters. The van der Waals surface area contributed by atoms with Crippen molar-refractivity contribution in [3.8, 4) is 5.69 Å². The van der Waals surface area contributed by atoms with Crippen LogP contribution in [-0.2, 0) is 9.59 Å². The second-order valence-corrected chi connectivity index (χ2v) is 3.62. The molecule has 0 aliphatic carbocycles. The van der Waals surface area contributed by atoms with E-state index in [1.54, 1.807) is 41.3 Å². The fourth-order valence-electron chi connectivity index (χ4n) is 1.46. The SMILES string of the molecule is O=C(O)CC(=O)Nc1ccc(-n2cccn2)cc1. The van der Waals surface area contributed by atoms with Crippen LogP contribution in [0.15, 0.2) is 42.7 Å². The molecule has 1 amide bonds. The lowest BCUT2D eigenvalue weighted by atomic mass is 10.2. The number of carbonyl (C=O) groups is 2. The summed E-state index contributed by atoms with van der Waals surface area (Å²) in [5, 5.41) is 15.0. The molecule has 6 nitrogen and oxygen atoms in total. The van der Waals surface area contributed by atoms with Crippen LogP contribution in [0, 0.1) is 0 Å². The normalized spacial score (nSPS) is 10.0. The quantitative estimate of drug-likeness (QED) is 0.795. The van der Waals surface area contributed by atoms with Crippen molar-refractivity contribution in [2.75, 3.05) is 5.32 Å². The number of aliphatic carboxylic acids is 1. The van der Waals surface area contributed by atoms with Crippen LogP contribution in [-0.4, -0.2) is 26.8 Å². The van der Waals surface area contributed by atoms with Crippen LogP contribution >= 0.6 is 0 Å². The van der Waals surface area contributed by atoms with Crippen molar-refractivity contribution in [1.82, 2.24) is 9.78 Å². The van der Waals surface area contributed by atoms with Gasteiger partial charge in [-0.05, 0) is 30.3 Å². The Kier molecular flexibility index (Phi) is 3.38. The van der Waals surface area contributed by atoms with Gasteiger partial charge in [-0.2, -0.15) is 5.10 Å². The highest BCUT2D eigenvalue weighted by atomic mass is 16.4. The Morgan fingerprint density at radius 3 is 2.56 bits per heavy atom. The number of rotatable bonds is 4. The molecule has 0 saturated carbocycles. The van der Waals surface area contributed by atoms with Gasteiger partial charge < -0.3 is 10.4 Å². The van der Waals surface area contributed by atoms with Crippen molar-refractivity contribution in [2.24, 2.45) is 0 Å². The summed E-state index contributed by atoms with van der Waals surface area (Å²) in [4.78, 5) is 21.6. The lowest BCUT2D eigenvalue weighted by Crippen LogP contribution is -2.15. The first-order valence-corrected chi connectivity index (χ1v) is 5.27. The van der Waals surface area contributed by atoms with Gasteiger partial charge in [0.2, 0.25) is 5.91 Å². The van der Waals surface area contributed by atoms with Gasteiger partial charge in [-0.3, -0.25) is 9.59 Å². The predicted octanol–water partition coefficient (Wildman–Crippen LogP) is 1.29. The number of hydrogen-bond acceptors (Lipinski definition) is 3. The predicted molar refractivity (Wildman–Crippen MR) is 64.4 cm³/mol. The van der Waals surface area contributed by atoms with Gasteiger partial charge in [-0.15, -0.1) is 0 Å². The molecule has 1 aromatic carbocycles. The lowest BCUT2D eigenvalue weighted by molar-refractivity contribution is -0.139. The molecule has 2 aromatic rings. The topological polar surface area (TPSA) is 84.2 Å². The summed E-state index contributed by atoms with van der Waals surface area (Å²) in [6.07, 6.45) is 2.93. The van der Waals surface area contributed by atoms with E-state index in [2.05, 4.69) is 10.4 Å². The minimum Gasteiger partial charge on any atom is -0.481 e. The van der Waals surface area contributed by atoms with E-state index in [0.717, 1.165) is 5.69 Å². The third kappa shape index (κ3) is 2.94. The molecule has 0 fully saturated rings. The molecule has 0 aliphatic rings. The fourth-order valence-corrected chi connectivity index (χ4v) is 1.46. The van der Waals surface area contributed by atoms with E-state index in [1.807, 2.05) is 6.07 Å². The average molecular weight is 245 g/mol. The van der Waals surface area contributed by atoms with Crippen LogP contribution < -0.4 is 5.32 Å². The van der Waals surface area contributed by atoms with Crippen molar-refractivity contribution >= 4 is 17.6 Å². The summed E-state index contributed by atoms with van der Waals surface area (Å²) in [5.41, 5.74) is 1.41. The van der Waals surface area contributed by atoms with E-state index in [-0.39, 0.29) is 0 Å². The van der Waals surface area contributed by atoms with Gasteiger partial charge in [-0.1, -0.05) is 0 Å². The number of amides is 1. The van der Waals surface area contributed by atoms with Gasteiger partial charge in [0.25, 0.3) is 0 Å². The van der Waals surface area contributed by atoms with Crippen molar-refractivity contribution in [1.29, 1.82) is 0 Å². The van der Waals surface area contributed by atoms with Crippen molar-refractivity contribution < 1.29 is 14.7 Å². The second kappa shape index (κ2) is 5.13. The third-order valence-corrected chi connectivity index (χ3v) is 2.23. The first-order valence-electron chi connectivity index (χ1n) is 5.27. The maximum absolute atomic E-state index is 11.2. The number of carboxylic acids is 1. The van der Waals surface area contributed by atoms with Crippen LogP contribution in [0.4, 0.5) is 5.69 Å². The zero-order valence-corrected chi connectivity index (χ0v) is 9.41. The van der Waals surface area contributed by atoms with Crippen molar-refractivity contribution in [2.45, 2.75) is 6.42 Å². The molecule has 0 aliphatic heterocycles. The van der Waals surface area contributed by atoms with E-state index in [4.69, 9.17) is 5.11 Å². The zero-order chi connectivity index (χ0) is 13.0. The number of benzene rings is 1. The Morgan fingerprint density at radius 2 is 2.00 bits per heavy atom. The zero-order valence-electron chi connectivity index (χ0n) is 9.41. The van der Waals surface area contributed by atoms with Gasteiger partial charge in [0.15, 0.2) is 0 Å². The van der Waals surface area contributed by atoms with Crippen LogP contribution in [0.25, 0.3) is 5.69 Å². The van der Waals surface area contributed by atoms with Crippen molar-refractivity contribution in [3.63, 3.8) is 0 Å². The molecular formula is C12H11N3O3. The Bertz CT molecular complexity index is 546. The van der Waals surface area contributed by atoms with E-state index >= 15 is 0 Å². The van der Waals surface area contributed by atoms with Gasteiger partial charge >= 0.3 is 5.97 Å². The molecule has 0 saturated heterocycles. The number of nitrogens with one attached hydrogen (secondary N) is 1. The lowest BCUT2D eigenvalue weighted by Gasteiger charge is -2.05. The number of carbonyl (C=O) groups excluding carboxylic acids is 1. The Hall–Kier alpha value is -2.63. The van der Waals surface area contributed by atoms with Crippen LogP contribution in [0.2, 0.25) is 0 Å². The summed E-state index contributed by atoms with van der Waals surface area (Å²) < 4.78 is 1.68. The van der Waals surface area contributed by atoms with E-state index in [1.165, 1.54) is 0 Å². The van der Waals surface area contributed by atoms with Gasteiger partial charge in [-0.25, -0.2) is 4.68 Å². The molecule has 0 radical (unpaired) electrons. The molecule has 1 aromatic heterocycles. The van der Waals surface area contributed by atoms with Gasteiger partial charge in [0.05, 0.1) is 5.69 Å². The summed E-state index contributed by atoms with van der Waals surface area (Å²) in [6.45, 7) is 0. The van der Waals surface area contributed by atoms with Crippen LogP contribution in [0.5, 0.6) is 0 Å². The maximum Gasteiger partial charge on any atom is 0.312 e. The highest BCUT2D eigenvalue weighted by Crippen LogP contribution is 2.12. The monoisotopic (exact) mass is 245 g/mol. The summed E-state index contributed by atoms with van der Waals surface area (Å²) in [5.74, 6) is -1.70. The van der Waals surface area contributed by atoms with Crippen molar-refractivity contribution in [3.05, 3.63) is 42.7 Å². The minimum absolute atomic E-state index is 0.541. The molecule has 2 N–H and O–H groups in total. The number of anilines is 1. The molecule has 2 rings (SSSR count). The molecule has 92 valence electrons. The number of hydrogen-bond donors (Lipinski definition) is 2. The smallest absolute Gasteiger partial charge is 0.312 e. The summed E-state index contributed by atoms with van der Waals surface area (Å²) >= 11 is 0. The Morgan fingerprint density at radius 1 is 1.28 bits per heavy atom. The average Bonchev–Trinajstić information content (AvgIpc) is 2.82. The molecule has 1 heterocycles.